The Morgan fingerprint density at radius 2 is 1.20 bits per heavy atom. The molecular formula is C23H46O2. The van der Waals surface area contributed by atoms with E-state index in [1.807, 2.05) is 0 Å². The highest BCUT2D eigenvalue weighted by Crippen LogP contribution is 2.23. The number of unbranched alkanes of at least 4 members (excludes halogenated alkanes) is 3. The van der Waals surface area contributed by atoms with Crippen molar-refractivity contribution in [3.63, 3.8) is 0 Å². The third kappa shape index (κ3) is 13.7. The molecule has 2 atom stereocenters. The van der Waals surface area contributed by atoms with Crippen molar-refractivity contribution in [1.82, 2.24) is 0 Å². The maximum Gasteiger partial charge on any atom is 0.0850 e. The normalized spacial score (nSPS) is 25.7. The van der Waals surface area contributed by atoms with Gasteiger partial charge in [-0.05, 0) is 31.1 Å². The van der Waals surface area contributed by atoms with E-state index in [0.717, 1.165) is 19.1 Å². The molecule has 1 aliphatic rings. The lowest BCUT2D eigenvalue weighted by Crippen LogP contribution is -2.13. The molecule has 0 radical (unpaired) electrons. The number of hydrogen-bond acceptors (Lipinski definition) is 2. The summed E-state index contributed by atoms with van der Waals surface area (Å²) in [5, 5.41) is 0. The predicted octanol–water partition coefficient (Wildman–Crippen LogP) is 7.85. The molecule has 150 valence electrons. The van der Waals surface area contributed by atoms with Gasteiger partial charge in [-0.15, -0.1) is 0 Å². The van der Waals surface area contributed by atoms with Gasteiger partial charge in [0, 0.05) is 0 Å². The first kappa shape index (κ1) is 23.0. The van der Waals surface area contributed by atoms with Crippen LogP contribution in [0.5, 0.6) is 0 Å². The van der Waals surface area contributed by atoms with Crippen LogP contribution in [0.4, 0.5) is 0 Å². The van der Waals surface area contributed by atoms with E-state index in [4.69, 9.17) is 9.78 Å². The van der Waals surface area contributed by atoms with Crippen molar-refractivity contribution in [2.24, 2.45) is 11.8 Å². The van der Waals surface area contributed by atoms with Gasteiger partial charge in [0.15, 0.2) is 0 Å². The van der Waals surface area contributed by atoms with Gasteiger partial charge in [0.25, 0.3) is 0 Å². The van der Waals surface area contributed by atoms with Crippen LogP contribution >= 0.6 is 0 Å². The van der Waals surface area contributed by atoms with Gasteiger partial charge in [0.1, 0.15) is 0 Å². The van der Waals surface area contributed by atoms with E-state index in [0.29, 0.717) is 5.92 Å². The minimum atomic E-state index is 0.702. The van der Waals surface area contributed by atoms with Gasteiger partial charge in [-0.3, -0.25) is 0 Å². The summed E-state index contributed by atoms with van der Waals surface area (Å²) in [5.74, 6) is 1.55. The van der Waals surface area contributed by atoms with E-state index < -0.39 is 0 Å². The van der Waals surface area contributed by atoms with Gasteiger partial charge >= 0.3 is 0 Å². The zero-order valence-electron chi connectivity index (χ0n) is 17.4. The summed E-state index contributed by atoms with van der Waals surface area (Å²) in [6.45, 7) is 6.17. The summed E-state index contributed by atoms with van der Waals surface area (Å²) < 4.78 is 0. The van der Waals surface area contributed by atoms with Gasteiger partial charge in [-0.1, -0.05) is 104 Å². The van der Waals surface area contributed by atoms with E-state index in [2.05, 4.69) is 13.8 Å². The lowest BCUT2D eigenvalue weighted by molar-refractivity contribution is -0.303. The quantitative estimate of drug-likeness (QED) is 0.342. The third-order valence-corrected chi connectivity index (χ3v) is 5.90. The summed E-state index contributed by atoms with van der Waals surface area (Å²) in [5.41, 5.74) is 0. The van der Waals surface area contributed by atoms with Crippen molar-refractivity contribution in [3.8, 4) is 0 Å². The summed E-state index contributed by atoms with van der Waals surface area (Å²) in [6, 6.07) is 0. The molecule has 1 rings (SSSR count). The summed E-state index contributed by atoms with van der Waals surface area (Å²) in [4.78, 5) is 11.2. The molecule has 0 saturated carbocycles. The van der Waals surface area contributed by atoms with Crippen LogP contribution in [0, 0.1) is 11.8 Å². The molecule has 0 spiro atoms. The van der Waals surface area contributed by atoms with E-state index in [1.54, 1.807) is 0 Å². The molecule has 2 nitrogen and oxygen atoms in total. The maximum absolute atomic E-state index is 5.62. The molecule has 0 aromatic carbocycles. The van der Waals surface area contributed by atoms with Crippen LogP contribution in [-0.2, 0) is 9.78 Å². The minimum Gasteiger partial charge on any atom is -0.237 e. The van der Waals surface area contributed by atoms with Crippen molar-refractivity contribution in [2.75, 3.05) is 13.2 Å². The van der Waals surface area contributed by atoms with E-state index in [9.17, 15) is 0 Å². The molecule has 1 aliphatic heterocycles. The second-order valence-corrected chi connectivity index (χ2v) is 8.32. The lowest BCUT2D eigenvalue weighted by atomic mass is 9.92. The minimum absolute atomic E-state index is 0.702. The predicted molar refractivity (Wildman–Crippen MR) is 109 cm³/mol. The summed E-state index contributed by atoms with van der Waals surface area (Å²) in [7, 11) is 0. The molecular weight excluding hydrogens is 308 g/mol. The second kappa shape index (κ2) is 17.3. The van der Waals surface area contributed by atoms with Crippen LogP contribution in [0.2, 0.25) is 0 Å². The average molecular weight is 355 g/mol. The summed E-state index contributed by atoms with van der Waals surface area (Å²) >= 11 is 0. The topological polar surface area (TPSA) is 18.5 Å². The van der Waals surface area contributed by atoms with Crippen molar-refractivity contribution in [1.29, 1.82) is 0 Å². The number of rotatable bonds is 7. The van der Waals surface area contributed by atoms with Crippen LogP contribution < -0.4 is 0 Å². The Morgan fingerprint density at radius 3 is 1.88 bits per heavy atom. The molecule has 0 N–H and O–H groups in total. The number of hydrogen-bond donors (Lipinski definition) is 0. The smallest absolute Gasteiger partial charge is 0.0850 e. The fourth-order valence-corrected chi connectivity index (χ4v) is 4.09. The Hall–Kier alpha value is -0.0800. The first-order chi connectivity index (χ1) is 12.4. The Morgan fingerprint density at radius 1 is 0.600 bits per heavy atom. The van der Waals surface area contributed by atoms with Gasteiger partial charge in [-0.25, -0.2) is 9.78 Å². The van der Waals surface area contributed by atoms with Gasteiger partial charge in [-0.2, -0.15) is 0 Å². The monoisotopic (exact) mass is 354 g/mol. The fraction of sp³-hybridized carbons (Fsp3) is 1.00. The van der Waals surface area contributed by atoms with Crippen LogP contribution in [0.25, 0.3) is 0 Å². The lowest BCUT2D eigenvalue weighted by Gasteiger charge is -2.19. The van der Waals surface area contributed by atoms with Gasteiger partial charge in [0.2, 0.25) is 0 Å². The molecule has 1 heterocycles. The highest BCUT2D eigenvalue weighted by molar-refractivity contribution is 4.62. The molecule has 1 saturated heterocycles. The SMILES string of the molecule is CCCCCC1CCCCCCCCCC(CCCC)COOCC1. The van der Waals surface area contributed by atoms with Crippen LogP contribution in [-0.4, -0.2) is 13.2 Å². The Balaban J connectivity index is 2.35. The van der Waals surface area contributed by atoms with Crippen molar-refractivity contribution in [2.45, 2.75) is 123 Å². The summed E-state index contributed by atoms with van der Waals surface area (Å²) in [6.07, 6.45) is 23.2. The maximum atomic E-state index is 5.62. The third-order valence-electron chi connectivity index (χ3n) is 5.90. The Kier molecular flexibility index (Phi) is 15.9. The standard InChI is InChI=1S/C23H46O2/c1-3-5-12-16-22-17-13-10-8-7-9-11-14-18-23(15-6-4-2)21-25-24-20-19-22/h22-23H,3-21H2,1-2H3. The molecule has 0 aliphatic carbocycles. The zero-order valence-corrected chi connectivity index (χ0v) is 17.4. The molecule has 2 heteroatoms. The zero-order chi connectivity index (χ0) is 18.0. The second-order valence-electron chi connectivity index (χ2n) is 8.32. The van der Waals surface area contributed by atoms with Crippen molar-refractivity contribution in [3.05, 3.63) is 0 Å². The van der Waals surface area contributed by atoms with Crippen molar-refractivity contribution < 1.29 is 9.78 Å². The average Bonchev–Trinajstić information content (AvgIpc) is 2.62. The molecule has 0 bridgehead atoms. The van der Waals surface area contributed by atoms with Crippen molar-refractivity contribution >= 4 is 0 Å². The molecule has 0 aromatic heterocycles. The largest absolute Gasteiger partial charge is 0.237 e. The Bertz CT molecular complexity index is 267. The molecule has 25 heavy (non-hydrogen) atoms. The molecule has 0 aromatic rings. The first-order valence-electron chi connectivity index (χ1n) is 11.6. The molecule has 2 unspecified atom stereocenters. The first-order valence-corrected chi connectivity index (χ1v) is 11.6. The van der Waals surface area contributed by atoms with E-state index >= 15 is 0 Å². The van der Waals surface area contributed by atoms with E-state index in [1.165, 1.54) is 109 Å². The van der Waals surface area contributed by atoms with Crippen LogP contribution in [0.15, 0.2) is 0 Å². The Labute approximate surface area is 158 Å². The fourth-order valence-electron chi connectivity index (χ4n) is 4.09. The van der Waals surface area contributed by atoms with E-state index in [-0.39, 0.29) is 0 Å². The highest BCUT2D eigenvalue weighted by Gasteiger charge is 2.12. The van der Waals surface area contributed by atoms with Crippen LogP contribution in [0.3, 0.4) is 0 Å². The molecule has 0 amide bonds. The molecule has 1 fully saturated rings. The van der Waals surface area contributed by atoms with Gasteiger partial charge < -0.3 is 0 Å². The highest BCUT2D eigenvalue weighted by atomic mass is 17.2. The van der Waals surface area contributed by atoms with Crippen LogP contribution in [0.1, 0.15) is 123 Å². The van der Waals surface area contributed by atoms with Gasteiger partial charge in [0.05, 0.1) is 13.2 Å².